The van der Waals surface area contributed by atoms with Gasteiger partial charge < -0.3 is 5.32 Å². The summed E-state index contributed by atoms with van der Waals surface area (Å²) in [6, 6.07) is 5.80. The second-order valence-electron chi connectivity index (χ2n) is 4.44. The van der Waals surface area contributed by atoms with E-state index in [-0.39, 0.29) is 0 Å². The summed E-state index contributed by atoms with van der Waals surface area (Å²) in [5.41, 5.74) is 0. The molecule has 0 saturated carbocycles. The Hall–Kier alpha value is -0.380. The maximum Gasteiger partial charge on any atom is 0.0442 e. The van der Waals surface area contributed by atoms with Gasteiger partial charge in [0.2, 0.25) is 0 Å². The van der Waals surface area contributed by atoms with Crippen LogP contribution in [0.15, 0.2) is 17.5 Å². The fourth-order valence-corrected chi connectivity index (χ4v) is 3.58. The molecule has 1 aliphatic rings. The monoisotopic (exact) mass is 238 g/mol. The zero-order valence-corrected chi connectivity index (χ0v) is 11.1. The molecule has 1 N–H and O–H groups in total. The molecular weight excluding hydrogens is 216 g/mol. The Balaban J connectivity index is 2.13. The molecule has 90 valence electrons. The first kappa shape index (κ1) is 12.1. The molecule has 0 spiro atoms. The number of thiophene rings is 1. The fraction of sp³-hybridized carbons (Fsp3) is 0.692. The first-order valence-corrected chi connectivity index (χ1v) is 7.24. The zero-order valence-electron chi connectivity index (χ0n) is 10.3. The number of hydrogen-bond donors (Lipinski definition) is 1. The Morgan fingerprint density at radius 2 is 2.44 bits per heavy atom. The van der Waals surface area contributed by atoms with Gasteiger partial charge in [-0.1, -0.05) is 19.9 Å². The highest BCUT2D eigenvalue weighted by Gasteiger charge is 2.27. The number of rotatable bonds is 4. The van der Waals surface area contributed by atoms with Crippen molar-refractivity contribution in [2.75, 3.05) is 19.6 Å². The van der Waals surface area contributed by atoms with Crippen LogP contribution in [0, 0.1) is 0 Å². The van der Waals surface area contributed by atoms with Crippen LogP contribution in [0.5, 0.6) is 0 Å². The molecule has 2 atom stereocenters. The van der Waals surface area contributed by atoms with Crippen LogP contribution in [0.1, 0.15) is 37.6 Å². The van der Waals surface area contributed by atoms with E-state index in [1.807, 2.05) is 11.3 Å². The molecule has 1 aromatic heterocycles. The van der Waals surface area contributed by atoms with Crippen molar-refractivity contribution >= 4 is 11.3 Å². The van der Waals surface area contributed by atoms with Crippen molar-refractivity contribution in [1.82, 2.24) is 10.2 Å². The van der Waals surface area contributed by atoms with E-state index in [0.717, 1.165) is 13.1 Å². The van der Waals surface area contributed by atoms with Crippen molar-refractivity contribution in [3.63, 3.8) is 0 Å². The minimum Gasteiger partial charge on any atom is -0.314 e. The van der Waals surface area contributed by atoms with Gasteiger partial charge in [-0.05, 0) is 24.3 Å². The molecule has 2 heterocycles. The lowest BCUT2D eigenvalue weighted by atomic mass is 10.0. The minimum absolute atomic E-state index is 0.632. The predicted molar refractivity (Wildman–Crippen MR) is 71.0 cm³/mol. The minimum atomic E-state index is 0.632. The van der Waals surface area contributed by atoms with Gasteiger partial charge in [-0.3, -0.25) is 4.90 Å². The second-order valence-corrected chi connectivity index (χ2v) is 5.42. The Kier molecular flexibility index (Phi) is 4.38. The molecule has 1 aromatic rings. The van der Waals surface area contributed by atoms with E-state index >= 15 is 0 Å². The smallest absolute Gasteiger partial charge is 0.0442 e. The van der Waals surface area contributed by atoms with Crippen LogP contribution >= 0.6 is 11.3 Å². The highest BCUT2D eigenvalue weighted by atomic mass is 32.1. The second kappa shape index (κ2) is 5.80. The molecule has 2 unspecified atom stereocenters. The maximum absolute atomic E-state index is 3.50. The van der Waals surface area contributed by atoms with Gasteiger partial charge in [0.25, 0.3) is 0 Å². The van der Waals surface area contributed by atoms with Crippen molar-refractivity contribution in [2.45, 2.75) is 38.8 Å². The standard InChI is InChI=1S/C13H22N2S/c1-3-11-10-14-7-8-15(11)12(4-2)13-6-5-9-16-13/h5-6,9,11-12,14H,3-4,7-8,10H2,1-2H3. The summed E-state index contributed by atoms with van der Waals surface area (Å²) >= 11 is 1.90. The van der Waals surface area contributed by atoms with Crippen molar-refractivity contribution in [1.29, 1.82) is 0 Å². The Morgan fingerprint density at radius 1 is 1.56 bits per heavy atom. The normalized spacial score (nSPS) is 24.5. The van der Waals surface area contributed by atoms with Crippen molar-refractivity contribution < 1.29 is 0 Å². The molecular formula is C13H22N2S. The third kappa shape index (κ3) is 2.47. The average Bonchev–Trinajstić information content (AvgIpc) is 2.84. The quantitative estimate of drug-likeness (QED) is 0.867. The van der Waals surface area contributed by atoms with Gasteiger partial charge in [-0.25, -0.2) is 0 Å². The molecule has 0 amide bonds. The van der Waals surface area contributed by atoms with Crippen molar-refractivity contribution in [2.24, 2.45) is 0 Å². The molecule has 0 aromatic carbocycles. The maximum atomic E-state index is 3.50. The average molecular weight is 238 g/mol. The van der Waals surface area contributed by atoms with Crippen LogP contribution in [-0.2, 0) is 0 Å². The summed E-state index contributed by atoms with van der Waals surface area (Å²) in [5, 5.41) is 5.70. The summed E-state index contributed by atoms with van der Waals surface area (Å²) in [4.78, 5) is 4.23. The number of nitrogens with zero attached hydrogens (tertiary/aromatic N) is 1. The van der Waals surface area contributed by atoms with Crippen LogP contribution in [0.2, 0.25) is 0 Å². The molecule has 2 rings (SSSR count). The number of hydrogen-bond acceptors (Lipinski definition) is 3. The molecule has 2 nitrogen and oxygen atoms in total. The molecule has 0 radical (unpaired) electrons. The van der Waals surface area contributed by atoms with E-state index < -0.39 is 0 Å². The van der Waals surface area contributed by atoms with Crippen molar-refractivity contribution in [3.05, 3.63) is 22.4 Å². The summed E-state index contributed by atoms with van der Waals surface area (Å²) in [6.07, 6.45) is 2.46. The summed E-state index contributed by atoms with van der Waals surface area (Å²) in [7, 11) is 0. The van der Waals surface area contributed by atoms with Crippen molar-refractivity contribution in [3.8, 4) is 0 Å². The lowest BCUT2D eigenvalue weighted by Crippen LogP contribution is -2.51. The first-order chi connectivity index (χ1) is 7.86. The third-order valence-electron chi connectivity index (χ3n) is 3.53. The SMILES string of the molecule is CCC1CNCCN1C(CC)c1cccs1. The molecule has 0 bridgehead atoms. The molecule has 1 fully saturated rings. The van der Waals surface area contributed by atoms with Gasteiger partial charge in [-0.15, -0.1) is 11.3 Å². The highest BCUT2D eigenvalue weighted by molar-refractivity contribution is 7.10. The fourth-order valence-electron chi connectivity index (χ4n) is 2.65. The number of nitrogens with one attached hydrogen (secondary N) is 1. The lowest BCUT2D eigenvalue weighted by molar-refractivity contribution is 0.102. The number of piperazine rings is 1. The third-order valence-corrected chi connectivity index (χ3v) is 4.50. The van der Waals surface area contributed by atoms with Crippen LogP contribution in [0.3, 0.4) is 0 Å². The van der Waals surface area contributed by atoms with Gasteiger partial charge >= 0.3 is 0 Å². The summed E-state index contributed by atoms with van der Waals surface area (Å²) in [5.74, 6) is 0. The van der Waals surface area contributed by atoms with Gasteiger partial charge in [0.15, 0.2) is 0 Å². The Labute approximate surface area is 103 Å². The van der Waals surface area contributed by atoms with Gasteiger partial charge in [0.05, 0.1) is 0 Å². The van der Waals surface area contributed by atoms with E-state index in [1.165, 1.54) is 24.3 Å². The largest absolute Gasteiger partial charge is 0.314 e. The van der Waals surface area contributed by atoms with Gasteiger partial charge in [0, 0.05) is 36.6 Å². The summed E-state index contributed by atoms with van der Waals surface area (Å²) < 4.78 is 0. The molecule has 16 heavy (non-hydrogen) atoms. The Bertz CT molecular complexity index is 297. The van der Waals surface area contributed by atoms with E-state index in [2.05, 4.69) is 41.6 Å². The molecule has 1 aliphatic heterocycles. The Morgan fingerprint density at radius 3 is 3.06 bits per heavy atom. The van der Waals surface area contributed by atoms with Crippen LogP contribution in [0.4, 0.5) is 0 Å². The predicted octanol–water partition coefficient (Wildman–Crippen LogP) is 2.88. The molecule has 1 saturated heterocycles. The molecule has 0 aliphatic carbocycles. The van der Waals surface area contributed by atoms with Gasteiger partial charge in [0.1, 0.15) is 0 Å². The van der Waals surface area contributed by atoms with Gasteiger partial charge in [-0.2, -0.15) is 0 Å². The lowest BCUT2D eigenvalue weighted by Gasteiger charge is -2.40. The van der Waals surface area contributed by atoms with Crippen LogP contribution < -0.4 is 5.32 Å². The zero-order chi connectivity index (χ0) is 11.4. The molecule has 3 heteroatoms. The van der Waals surface area contributed by atoms with Crippen LogP contribution in [0.25, 0.3) is 0 Å². The van der Waals surface area contributed by atoms with E-state index in [9.17, 15) is 0 Å². The first-order valence-electron chi connectivity index (χ1n) is 6.36. The topological polar surface area (TPSA) is 15.3 Å². The van der Waals surface area contributed by atoms with E-state index in [0.29, 0.717) is 12.1 Å². The highest BCUT2D eigenvalue weighted by Crippen LogP contribution is 2.30. The van der Waals surface area contributed by atoms with E-state index in [1.54, 1.807) is 0 Å². The van der Waals surface area contributed by atoms with Crippen LogP contribution in [-0.4, -0.2) is 30.6 Å². The van der Waals surface area contributed by atoms with E-state index in [4.69, 9.17) is 0 Å². The summed E-state index contributed by atoms with van der Waals surface area (Å²) in [6.45, 7) is 8.08.